The van der Waals surface area contributed by atoms with E-state index in [1.807, 2.05) is 18.2 Å². The summed E-state index contributed by atoms with van der Waals surface area (Å²) in [4.78, 5) is 23.1. The number of ether oxygens (including phenoxy) is 2. The SMILES string of the molecule is COc1cc(OC)c2c(=O)[nH]c(-c3ccc4[nH]cc(CO)c4c3)nc2c1. The van der Waals surface area contributed by atoms with E-state index in [0.29, 0.717) is 28.2 Å². The first-order valence-electron chi connectivity index (χ1n) is 8.02. The number of nitrogens with one attached hydrogen (secondary N) is 2. The minimum atomic E-state index is -0.291. The summed E-state index contributed by atoms with van der Waals surface area (Å²) in [7, 11) is 3.04. The number of aliphatic hydroxyl groups excluding tert-OH is 1. The number of nitrogens with zero attached hydrogens (tertiary/aromatic N) is 1. The van der Waals surface area contributed by atoms with E-state index in [-0.39, 0.29) is 12.2 Å². The zero-order valence-electron chi connectivity index (χ0n) is 14.3. The molecular weight excluding hydrogens is 334 g/mol. The second kappa shape index (κ2) is 6.20. The molecule has 7 nitrogen and oxygen atoms in total. The van der Waals surface area contributed by atoms with Gasteiger partial charge in [-0.15, -0.1) is 0 Å². The van der Waals surface area contributed by atoms with Gasteiger partial charge in [-0.1, -0.05) is 0 Å². The van der Waals surface area contributed by atoms with Gasteiger partial charge in [0.05, 0.1) is 26.3 Å². The lowest BCUT2D eigenvalue weighted by atomic mass is 10.1. The summed E-state index contributed by atoms with van der Waals surface area (Å²) in [6.45, 7) is -0.0699. The van der Waals surface area contributed by atoms with Crippen LogP contribution in [0, 0.1) is 0 Å². The average molecular weight is 351 g/mol. The van der Waals surface area contributed by atoms with Crippen molar-refractivity contribution in [3.63, 3.8) is 0 Å². The van der Waals surface area contributed by atoms with Crippen molar-refractivity contribution in [1.82, 2.24) is 15.0 Å². The van der Waals surface area contributed by atoms with Crippen LogP contribution in [0.5, 0.6) is 11.5 Å². The highest BCUT2D eigenvalue weighted by Gasteiger charge is 2.14. The number of rotatable bonds is 4. The molecule has 0 radical (unpaired) electrons. The molecule has 0 saturated carbocycles. The zero-order valence-corrected chi connectivity index (χ0v) is 14.3. The van der Waals surface area contributed by atoms with Gasteiger partial charge in [0.2, 0.25) is 0 Å². The van der Waals surface area contributed by atoms with E-state index in [2.05, 4.69) is 15.0 Å². The van der Waals surface area contributed by atoms with Gasteiger partial charge in [0.1, 0.15) is 22.7 Å². The Balaban J connectivity index is 1.96. The van der Waals surface area contributed by atoms with Crippen LogP contribution >= 0.6 is 0 Å². The second-order valence-electron chi connectivity index (χ2n) is 5.87. The Bertz CT molecular complexity index is 1180. The summed E-state index contributed by atoms with van der Waals surface area (Å²) in [6, 6.07) is 8.99. The van der Waals surface area contributed by atoms with E-state index >= 15 is 0 Å². The fraction of sp³-hybridized carbons (Fsp3) is 0.158. The number of benzene rings is 2. The molecule has 26 heavy (non-hydrogen) atoms. The molecule has 7 heteroatoms. The third-order valence-corrected chi connectivity index (χ3v) is 4.41. The Morgan fingerprint density at radius 1 is 1.15 bits per heavy atom. The van der Waals surface area contributed by atoms with Crippen molar-refractivity contribution in [1.29, 1.82) is 0 Å². The molecule has 0 spiro atoms. The normalized spacial score (nSPS) is 11.2. The number of aromatic amines is 2. The summed E-state index contributed by atoms with van der Waals surface area (Å²) in [5, 5.41) is 10.7. The summed E-state index contributed by atoms with van der Waals surface area (Å²) < 4.78 is 10.6. The smallest absolute Gasteiger partial charge is 0.262 e. The molecule has 0 atom stereocenters. The van der Waals surface area contributed by atoms with Crippen LogP contribution < -0.4 is 15.0 Å². The molecule has 0 amide bonds. The van der Waals surface area contributed by atoms with Gasteiger partial charge in [-0.3, -0.25) is 4.79 Å². The zero-order chi connectivity index (χ0) is 18.3. The van der Waals surface area contributed by atoms with Crippen LogP contribution in [0.15, 0.2) is 41.3 Å². The van der Waals surface area contributed by atoms with Gasteiger partial charge in [-0.25, -0.2) is 4.98 Å². The van der Waals surface area contributed by atoms with E-state index in [1.54, 1.807) is 25.4 Å². The molecule has 0 aliphatic carbocycles. The molecule has 4 aromatic rings. The Hall–Kier alpha value is -3.32. The minimum Gasteiger partial charge on any atom is -0.497 e. The maximum Gasteiger partial charge on any atom is 0.262 e. The molecule has 2 aromatic carbocycles. The van der Waals surface area contributed by atoms with Crippen molar-refractivity contribution in [2.24, 2.45) is 0 Å². The Kier molecular flexibility index (Phi) is 3.85. The van der Waals surface area contributed by atoms with Crippen LogP contribution in [0.25, 0.3) is 33.2 Å². The molecule has 0 aliphatic heterocycles. The van der Waals surface area contributed by atoms with Crippen molar-refractivity contribution in [3.05, 3.63) is 52.4 Å². The lowest BCUT2D eigenvalue weighted by Gasteiger charge is -2.09. The number of H-pyrrole nitrogens is 2. The first-order chi connectivity index (χ1) is 12.6. The number of hydrogen-bond acceptors (Lipinski definition) is 5. The highest BCUT2D eigenvalue weighted by Crippen LogP contribution is 2.30. The van der Waals surface area contributed by atoms with E-state index in [0.717, 1.165) is 22.0 Å². The number of aliphatic hydroxyl groups is 1. The van der Waals surface area contributed by atoms with Crippen molar-refractivity contribution in [2.75, 3.05) is 14.2 Å². The van der Waals surface area contributed by atoms with Gasteiger partial charge in [-0.05, 0) is 18.2 Å². The molecular formula is C19H17N3O4. The molecule has 3 N–H and O–H groups in total. The van der Waals surface area contributed by atoms with Gasteiger partial charge < -0.3 is 24.5 Å². The van der Waals surface area contributed by atoms with Crippen molar-refractivity contribution >= 4 is 21.8 Å². The fourth-order valence-corrected chi connectivity index (χ4v) is 3.08. The van der Waals surface area contributed by atoms with Gasteiger partial charge >= 0.3 is 0 Å². The maximum atomic E-state index is 12.6. The summed E-state index contributed by atoms with van der Waals surface area (Å²) in [5.74, 6) is 1.40. The molecule has 0 aliphatic rings. The first-order valence-corrected chi connectivity index (χ1v) is 8.02. The Morgan fingerprint density at radius 2 is 2.00 bits per heavy atom. The van der Waals surface area contributed by atoms with Crippen molar-refractivity contribution in [2.45, 2.75) is 6.61 Å². The lowest BCUT2D eigenvalue weighted by Crippen LogP contribution is -2.11. The molecule has 0 unspecified atom stereocenters. The minimum absolute atomic E-state index is 0.0699. The van der Waals surface area contributed by atoms with Crippen molar-refractivity contribution in [3.8, 4) is 22.9 Å². The number of fused-ring (bicyclic) bond motifs is 2. The number of hydrogen-bond donors (Lipinski definition) is 3. The quantitative estimate of drug-likeness (QED) is 0.525. The second-order valence-corrected chi connectivity index (χ2v) is 5.87. The molecule has 132 valence electrons. The Labute approximate surface area is 148 Å². The number of aromatic nitrogens is 3. The molecule has 0 saturated heterocycles. The van der Waals surface area contributed by atoms with Crippen LogP contribution in [0.4, 0.5) is 0 Å². The summed E-state index contributed by atoms with van der Waals surface area (Å²) in [5.41, 5.74) is 2.63. The molecule has 0 bridgehead atoms. The third-order valence-electron chi connectivity index (χ3n) is 4.41. The fourth-order valence-electron chi connectivity index (χ4n) is 3.08. The standard InChI is InChI=1S/C19H17N3O4/c1-25-12-6-15-17(16(7-12)26-2)19(24)22-18(21-15)10-3-4-14-13(5-10)11(9-23)8-20-14/h3-8,20,23H,9H2,1-2H3,(H,21,22,24). The van der Waals surface area contributed by atoms with Crippen LogP contribution in [-0.2, 0) is 6.61 Å². The predicted molar refractivity (Wildman–Crippen MR) is 98.7 cm³/mol. The van der Waals surface area contributed by atoms with E-state index in [4.69, 9.17) is 9.47 Å². The van der Waals surface area contributed by atoms with E-state index in [1.165, 1.54) is 7.11 Å². The van der Waals surface area contributed by atoms with Gasteiger partial charge in [-0.2, -0.15) is 0 Å². The molecule has 2 heterocycles. The monoisotopic (exact) mass is 351 g/mol. The lowest BCUT2D eigenvalue weighted by molar-refractivity contribution is 0.283. The molecule has 0 fully saturated rings. The number of methoxy groups -OCH3 is 2. The molecule has 2 aromatic heterocycles. The highest BCUT2D eigenvalue weighted by atomic mass is 16.5. The maximum absolute atomic E-state index is 12.6. The predicted octanol–water partition coefficient (Wildman–Crippen LogP) is 2.58. The first kappa shape index (κ1) is 16.2. The third kappa shape index (κ3) is 2.49. The van der Waals surface area contributed by atoms with Crippen LogP contribution in [0.2, 0.25) is 0 Å². The Morgan fingerprint density at radius 3 is 2.73 bits per heavy atom. The van der Waals surface area contributed by atoms with E-state index in [9.17, 15) is 9.90 Å². The van der Waals surface area contributed by atoms with Crippen LogP contribution in [0.3, 0.4) is 0 Å². The van der Waals surface area contributed by atoms with Crippen LogP contribution in [0.1, 0.15) is 5.56 Å². The van der Waals surface area contributed by atoms with E-state index < -0.39 is 0 Å². The highest BCUT2D eigenvalue weighted by molar-refractivity contribution is 5.89. The summed E-state index contributed by atoms with van der Waals surface area (Å²) in [6.07, 6.45) is 1.76. The topological polar surface area (TPSA) is 100 Å². The summed E-state index contributed by atoms with van der Waals surface area (Å²) >= 11 is 0. The molecule has 4 rings (SSSR count). The van der Waals surface area contributed by atoms with Crippen molar-refractivity contribution < 1.29 is 14.6 Å². The average Bonchev–Trinajstić information content (AvgIpc) is 3.08. The van der Waals surface area contributed by atoms with Gasteiger partial charge in [0.25, 0.3) is 5.56 Å². The van der Waals surface area contributed by atoms with Crippen LogP contribution in [-0.4, -0.2) is 34.3 Å². The largest absolute Gasteiger partial charge is 0.497 e. The van der Waals surface area contributed by atoms with Gasteiger partial charge in [0.15, 0.2) is 0 Å². The van der Waals surface area contributed by atoms with Gasteiger partial charge in [0, 0.05) is 40.4 Å².